The SMILES string of the molecule is Cc1cc(C)cc(OCC(=O)OCc2ccccc2[N+](=O)[O-])c1. The van der Waals surface area contributed by atoms with Crippen molar-refractivity contribution in [1.29, 1.82) is 0 Å². The standard InChI is InChI=1S/C17H17NO5/c1-12-7-13(2)9-15(8-12)22-11-17(19)23-10-14-5-3-4-6-16(14)18(20)21/h3-9H,10-11H2,1-2H3. The van der Waals surface area contributed by atoms with Crippen molar-refractivity contribution in [3.63, 3.8) is 0 Å². The molecule has 0 atom stereocenters. The van der Waals surface area contributed by atoms with Crippen LogP contribution in [-0.4, -0.2) is 17.5 Å². The molecule has 2 rings (SSSR count). The Morgan fingerprint density at radius 3 is 2.43 bits per heavy atom. The molecule has 0 aliphatic heterocycles. The summed E-state index contributed by atoms with van der Waals surface area (Å²) in [7, 11) is 0. The van der Waals surface area contributed by atoms with E-state index in [0.29, 0.717) is 11.3 Å². The molecule has 2 aromatic carbocycles. The van der Waals surface area contributed by atoms with Gasteiger partial charge in [-0.2, -0.15) is 0 Å². The number of nitro groups is 1. The average molecular weight is 315 g/mol. The monoisotopic (exact) mass is 315 g/mol. The van der Waals surface area contributed by atoms with Gasteiger partial charge >= 0.3 is 5.97 Å². The normalized spacial score (nSPS) is 10.2. The van der Waals surface area contributed by atoms with Crippen molar-refractivity contribution in [3.05, 3.63) is 69.3 Å². The van der Waals surface area contributed by atoms with E-state index in [1.165, 1.54) is 6.07 Å². The van der Waals surface area contributed by atoms with Gasteiger partial charge in [-0.1, -0.05) is 18.2 Å². The molecule has 0 bridgehead atoms. The molecule has 0 amide bonds. The van der Waals surface area contributed by atoms with Crippen molar-refractivity contribution in [2.45, 2.75) is 20.5 Å². The minimum atomic E-state index is -0.581. The number of para-hydroxylation sites is 1. The Hall–Kier alpha value is -2.89. The van der Waals surface area contributed by atoms with Crippen molar-refractivity contribution in [1.82, 2.24) is 0 Å². The van der Waals surface area contributed by atoms with Gasteiger partial charge in [0.15, 0.2) is 6.61 Å². The van der Waals surface area contributed by atoms with E-state index in [1.807, 2.05) is 32.0 Å². The van der Waals surface area contributed by atoms with Crippen molar-refractivity contribution < 1.29 is 19.2 Å². The number of rotatable bonds is 6. The van der Waals surface area contributed by atoms with E-state index < -0.39 is 10.9 Å². The van der Waals surface area contributed by atoms with Gasteiger partial charge in [0, 0.05) is 6.07 Å². The van der Waals surface area contributed by atoms with Crippen molar-refractivity contribution in [3.8, 4) is 5.75 Å². The van der Waals surface area contributed by atoms with Crippen LogP contribution in [0.5, 0.6) is 5.75 Å². The van der Waals surface area contributed by atoms with Crippen LogP contribution in [0.2, 0.25) is 0 Å². The lowest BCUT2D eigenvalue weighted by Gasteiger charge is -2.09. The Balaban J connectivity index is 1.89. The van der Waals surface area contributed by atoms with Crippen LogP contribution >= 0.6 is 0 Å². The quantitative estimate of drug-likeness (QED) is 0.464. The third-order valence-corrected chi connectivity index (χ3v) is 3.13. The molecule has 0 spiro atoms. The lowest BCUT2D eigenvalue weighted by atomic mass is 10.1. The summed E-state index contributed by atoms with van der Waals surface area (Å²) in [6.07, 6.45) is 0. The Bertz CT molecular complexity index is 706. The number of aryl methyl sites for hydroxylation is 2. The smallest absolute Gasteiger partial charge is 0.344 e. The molecule has 0 aromatic heterocycles. The van der Waals surface area contributed by atoms with Gasteiger partial charge in [0.2, 0.25) is 0 Å². The first-order valence-corrected chi connectivity index (χ1v) is 7.04. The van der Waals surface area contributed by atoms with E-state index in [0.717, 1.165) is 11.1 Å². The van der Waals surface area contributed by atoms with E-state index in [4.69, 9.17) is 9.47 Å². The van der Waals surface area contributed by atoms with Gasteiger partial charge in [-0.25, -0.2) is 4.79 Å². The van der Waals surface area contributed by atoms with E-state index in [-0.39, 0.29) is 18.9 Å². The molecule has 0 saturated carbocycles. The number of carbonyl (C=O) groups is 1. The van der Waals surface area contributed by atoms with E-state index >= 15 is 0 Å². The summed E-state index contributed by atoms with van der Waals surface area (Å²) in [5, 5.41) is 10.9. The number of carbonyl (C=O) groups excluding carboxylic acids is 1. The molecule has 120 valence electrons. The number of nitrogens with zero attached hydrogens (tertiary/aromatic N) is 1. The summed E-state index contributed by atoms with van der Waals surface area (Å²) < 4.78 is 10.4. The minimum Gasteiger partial charge on any atom is -0.482 e. The van der Waals surface area contributed by atoms with E-state index in [9.17, 15) is 14.9 Å². The van der Waals surface area contributed by atoms with Crippen molar-refractivity contribution >= 4 is 11.7 Å². The fraction of sp³-hybridized carbons (Fsp3) is 0.235. The molecule has 2 aromatic rings. The van der Waals surface area contributed by atoms with Gasteiger partial charge < -0.3 is 9.47 Å². The highest BCUT2D eigenvalue weighted by Crippen LogP contribution is 2.19. The van der Waals surface area contributed by atoms with Crippen LogP contribution in [0.25, 0.3) is 0 Å². The van der Waals surface area contributed by atoms with E-state index in [1.54, 1.807) is 18.2 Å². The van der Waals surface area contributed by atoms with Crippen LogP contribution in [0.3, 0.4) is 0 Å². The molecule has 23 heavy (non-hydrogen) atoms. The second-order valence-electron chi connectivity index (χ2n) is 5.16. The van der Waals surface area contributed by atoms with Crippen LogP contribution in [-0.2, 0) is 16.1 Å². The summed E-state index contributed by atoms with van der Waals surface area (Å²) in [5.74, 6) is 0.00690. The second kappa shape index (κ2) is 7.40. The Morgan fingerprint density at radius 2 is 1.78 bits per heavy atom. The molecule has 0 radical (unpaired) electrons. The van der Waals surface area contributed by atoms with Gasteiger partial charge in [-0.3, -0.25) is 10.1 Å². The first-order valence-electron chi connectivity index (χ1n) is 7.04. The van der Waals surface area contributed by atoms with Gasteiger partial charge in [-0.05, 0) is 43.2 Å². The third kappa shape index (κ3) is 4.81. The minimum absolute atomic E-state index is 0.0736. The number of hydrogen-bond donors (Lipinski definition) is 0. The molecule has 0 heterocycles. The summed E-state index contributed by atoms with van der Waals surface area (Å²) in [6, 6.07) is 11.8. The maximum absolute atomic E-state index is 11.7. The van der Waals surface area contributed by atoms with Crippen LogP contribution in [0.15, 0.2) is 42.5 Å². The Labute approximate surface area is 133 Å². The summed E-state index contributed by atoms with van der Waals surface area (Å²) in [5.41, 5.74) is 2.34. The molecule has 6 nitrogen and oxygen atoms in total. The highest BCUT2D eigenvalue weighted by molar-refractivity contribution is 5.71. The number of esters is 1. The molecule has 6 heteroatoms. The fourth-order valence-corrected chi connectivity index (χ4v) is 2.17. The van der Waals surface area contributed by atoms with Crippen LogP contribution in [0.1, 0.15) is 16.7 Å². The number of nitro benzene ring substituents is 1. The maximum atomic E-state index is 11.7. The zero-order chi connectivity index (χ0) is 16.8. The van der Waals surface area contributed by atoms with Crippen LogP contribution < -0.4 is 4.74 Å². The van der Waals surface area contributed by atoms with Gasteiger partial charge in [0.1, 0.15) is 12.4 Å². The lowest BCUT2D eigenvalue weighted by molar-refractivity contribution is -0.385. The topological polar surface area (TPSA) is 78.7 Å². The summed E-state index contributed by atoms with van der Waals surface area (Å²) >= 11 is 0. The molecule has 0 fully saturated rings. The Morgan fingerprint density at radius 1 is 1.13 bits per heavy atom. The molecule has 0 aliphatic rings. The van der Waals surface area contributed by atoms with Gasteiger partial charge in [0.05, 0.1) is 10.5 Å². The summed E-state index contributed by atoms with van der Waals surface area (Å²) in [6.45, 7) is 3.47. The zero-order valence-electron chi connectivity index (χ0n) is 12.9. The summed E-state index contributed by atoms with van der Waals surface area (Å²) in [4.78, 5) is 22.1. The lowest BCUT2D eigenvalue weighted by Crippen LogP contribution is -2.15. The largest absolute Gasteiger partial charge is 0.482 e. The third-order valence-electron chi connectivity index (χ3n) is 3.13. The first kappa shape index (κ1) is 16.5. The van der Waals surface area contributed by atoms with Crippen molar-refractivity contribution in [2.24, 2.45) is 0 Å². The maximum Gasteiger partial charge on any atom is 0.344 e. The predicted octanol–water partition coefficient (Wildman–Crippen LogP) is 3.33. The zero-order valence-corrected chi connectivity index (χ0v) is 12.9. The van der Waals surface area contributed by atoms with Crippen molar-refractivity contribution in [2.75, 3.05) is 6.61 Å². The second-order valence-corrected chi connectivity index (χ2v) is 5.16. The van der Waals surface area contributed by atoms with Gasteiger partial charge in [-0.15, -0.1) is 0 Å². The number of benzene rings is 2. The Kier molecular flexibility index (Phi) is 5.30. The average Bonchev–Trinajstić information content (AvgIpc) is 2.50. The highest BCUT2D eigenvalue weighted by atomic mass is 16.6. The highest BCUT2D eigenvalue weighted by Gasteiger charge is 2.14. The molecular weight excluding hydrogens is 298 g/mol. The molecule has 0 N–H and O–H groups in total. The van der Waals surface area contributed by atoms with Crippen LogP contribution in [0.4, 0.5) is 5.69 Å². The fourth-order valence-electron chi connectivity index (χ4n) is 2.17. The van der Waals surface area contributed by atoms with E-state index in [2.05, 4.69) is 0 Å². The molecule has 0 aliphatic carbocycles. The molecule has 0 unspecified atom stereocenters. The van der Waals surface area contributed by atoms with Gasteiger partial charge in [0.25, 0.3) is 5.69 Å². The molecular formula is C17H17NO5. The number of ether oxygens (including phenoxy) is 2. The molecule has 0 saturated heterocycles. The van der Waals surface area contributed by atoms with Crippen LogP contribution in [0, 0.1) is 24.0 Å². The number of hydrogen-bond acceptors (Lipinski definition) is 5. The first-order chi connectivity index (χ1) is 11.0. The predicted molar refractivity (Wildman–Crippen MR) is 84.3 cm³/mol.